The lowest BCUT2D eigenvalue weighted by Crippen LogP contribution is -2.14. The van der Waals surface area contributed by atoms with E-state index in [2.05, 4.69) is 19.3 Å². The van der Waals surface area contributed by atoms with Crippen LogP contribution < -0.4 is 5.48 Å². The molecule has 0 aromatic carbocycles. The third-order valence-corrected chi connectivity index (χ3v) is 0.556. The Labute approximate surface area is 44.8 Å². The summed E-state index contributed by atoms with van der Waals surface area (Å²) < 4.78 is 0. The molecule has 0 spiro atoms. The number of hydrogen-bond acceptors (Lipinski definition) is 2. The van der Waals surface area contributed by atoms with Crippen molar-refractivity contribution in [3.05, 3.63) is 6.92 Å². The van der Waals surface area contributed by atoms with E-state index in [0.717, 1.165) is 13.0 Å². The molecule has 0 atom stereocenters. The number of rotatable bonds is 4. The molecule has 0 unspecified atom stereocenters. The summed E-state index contributed by atoms with van der Waals surface area (Å²) in [6, 6.07) is 0. The standard InChI is InChI=1S/C5H12NO/c1-3-5-6-7-4-2/h6H,2-5H2,1H3. The van der Waals surface area contributed by atoms with Gasteiger partial charge < -0.3 is 4.84 Å². The maximum atomic E-state index is 4.71. The first kappa shape index (κ1) is 6.92. The fraction of sp³-hybridized carbons (Fsp3) is 0.800. The zero-order valence-electron chi connectivity index (χ0n) is 4.74. The summed E-state index contributed by atoms with van der Waals surface area (Å²) in [7, 11) is 0. The highest BCUT2D eigenvalue weighted by Gasteiger charge is 1.75. The molecule has 7 heavy (non-hydrogen) atoms. The van der Waals surface area contributed by atoms with Gasteiger partial charge in [-0.1, -0.05) is 6.92 Å². The molecule has 2 nitrogen and oxygen atoms in total. The van der Waals surface area contributed by atoms with Crippen LogP contribution in [0.3, 0.4) is 0 Å². The second-order valence-electron chi connectivity index (χ2n) is 1.24. The first-order valence-corrected chi connectivity index (χ1v) is 2.55. The van der Waals surface area contributed by atoms with Gasteiger partial charge in [-0.05, 0) is 13.3 Å². The molecule has 0 bridgehead atoms. The highest BCUT2D eigenvalue weighted by molar-refractivity contribution is 4.29. The van der Waals surface area contributed by atoms with Crippen molar-refractivity contribution in [2.24, 2.45) is 0 Å². The Morgan fingerprint density at radius 2 is 2.43 bits per heavy atom. The van der Waals surface area contributed by atoms with Crippen LogP contribution in [0.15, 0.2) is 0 Å². The molecule has 2 heteroatoms. The molecule has 0 fully saturated rings. The average molecular weight is 102 g/mol. The van der Waals surface area contributed by atoms with Gasteiger partial charge in [0.15, 0.2) is 0 Å². The van der Waals surface area contributed by atoms with Gasteiger partial charge >= 0.3 is 0 Å². The van der Waals surface area contributed by atoms with Crippen molar-refractivity contribution in [3.8, 4) is 0 Å². The van der Waals surface area contributed by atoms with E-state index in [1.54, 1.807) is 0 Å². The molecular weight excluding hydrogens is 90.1 g/mol. The molecule has 0 aromatic heterocycles. The van der Waals surface area contributed by atoms with Crippen molar-refractivity contribution in [1.29, 1.82) is 0 Å². The van der Waals surface area contributed by atoms with Crippen molar-refractivity contribution in [3.63, 3.8) is 0 Å². The zero-order valence-corrected chi connectivity index (χ0v) is 4.74. The van der Waals surface area contributed by atoms with Crippen LogP contribution in [0.25, 0.3) is 0 Å². The second kappa shape index (κ2) is 5.92. The first-order valence-electron chi connectivity index (χ1n) is 2.55. The Hall–Kier alpha value is -0.0800. The summed E-state index contributed by atoms with van der Waals surface area (Å²) in [4.78, 5) is 4.71. The van der Waals surface area contributed by atoms with Gasteiger partial charge in [-0.3, -0.25) is 0 Å². The normalized spacial score (nSPS) is 9.43. The molecule has 43 valence electrons. The summed E-state index contributed by atoms with van der Waals surface area (Å²) >= 11 is 0. The molecule has 0 saturated heterocycles. The van der Waals surface area contributed by atoms with Crippen molar-refractivity contribution in [1.82, 2.24) is 5.48 Å². The summed E-state index contributed by atoms with van der Waals surface area (Å²) in [6.07, 6.45) is 1.10. The third kappa shape index (κ3) is 5.92. The molecule has 0 aromatic rings. The highest BCUT2D eigenvalue weighted by atomic mass is 16.6. The smallest absolute Gasteiger partial charge is 0.0683 e. The first-order chi connectivity index (χ1) is 3.41. The zero-order chi connectivity index (χ0) is 5.54. The quantitative estimate of drug-likeness (QED) is 0.418. The van der Waals surface area contributed by atoms with Crippen LogP contribution in [0, 0.1) is 6.92 Å². The van der Waals surface area contributed by atoms with Gasteiger partial charge in [0.05, 0.1) is 6.61 Å². The van der Waals surface area contributed by atoms with E-state index < -0.39 is 0 Å². The van der Waals surface area contributed by atoms with Gasteiger partial charge in [0, 0.05) is 6.54 Å². The molecule has 0 aliphatic carbocycles. The van der Waals surface area contributed by atoms with Crippen LogP contribution in [0.5, 0.6) is 0 Å². The molecular formula is C5H12NO. The minimum absolute atomic E-state index is 0.500. The SMILES string of the molecule is [CH2]CONCCC. The van der Waals surface area contributed by atoms with Crippen molar-refractivity contribution < 1.29 is 4.84 Å². The lowest BCUT2D eigenvalue weighted by molar-refractivity contribution is 0.0617. The predicted octanol–water partition coefficient (Wildman–Crippen LogP) is 0.752. The lowest BCUT2D eigenvalue weighted by Gasteiger charge is -1.97. The maximum Gasteiger partial charge on any atom is 0.0683 e. The number of hydrogen-bond donors (Lipinski definition) is 1. The van der Waals surface area contributed by atoms with E-state index in [0.29, 0.717) is 6.61 Å². The fourth-order valence-electron chi connectivity index (χ4n) is 0.246. The van der Waals surface area contributed by atoms with Crippen LogP contribution in [0.2, 0.25) is 0 Å². The van der Waals surface area contributed by atoms with Gasteiger partial charge in [-0.15, -0.1) is 0 Å². The summed E-state index contributed by atoms with van der Waals surface area (Å²) in [5, 5.41) is 0. The molecule has 0 rings (SSSR count). The second-order valence-corrected chi connectivity index (χ2v) is 1.24. The van der Waals surface area contributed by atoms with Gasteiger partial charge in [0.25, 0.3) is 0 Å². The Kier molecular flexibility index (Phi) is 5.85. The third-order valence-electron chi connectivity index (χ3n) is 0.556. The minimum Gasteiger partial charge on any atom is -0.302 e. The molecule has 1 N–H and O–H groups in total. The van der Waals surface area contributed by atoms with Gasteiger partial charge in [-0.25, -0.2) is 5.48 Å². The Balaban J connectivity index is 2.45. The number of hydroxylamine groups is 1. The maximum absolute atomic E-state index is 4.71. The Morgan fingerprint density at radius 1 is 1.71 bits per heavy atom. The van der Waals surface area contributed by atoms with E-state index in [-0.39, 0.29) is 0 Å². The molecule has 0 heterocycles. The molecule has 1 radical (unpaired) electrons. The largest absolute Gasteiger partial charge is 0.302 e. The van der Waals surface area contributed by atoms with Crippen molar-refractivity contribution in [2.45, 2.75) is 13.3 Å². The molecule has 0 saturated carbocycles. The monoisotopic (exact) mass is 102 g/mol. The van der Waals surface area contributed by atoms with E-state index in [9.17, 15) is 0 Å². The van der Waals surface area contributed by atoms with E-state index in [1.165, 1.54) is 0 Å². The highest BCUT2D eigenvalue weighted by Crippen LogP contribution is 1.68. The number of nitrogens with one attached hydrogen (secondary N) is 1. The lowest BCUT2D eigenvalue weighted by atomic mass is 10.5. The summed E-state index contributed by atoms with van der Waals surface area (Å²) in [5.74, 6) is 0. The van der Waals surface area contributed by atoms with Gasteiger partial charge in [0.2, 0.25) is 0 Å². The summed E-state index contributed by atoms with van der Waals surface area (Å²) in [6.45, 7) is 6.97. The van der Waals surface area contributed by atoms with Crippen LogP contribution in [-0.2, 0) is 4.84 Å². The van der Waals surface area contributed by atoms with Crippen molar-refractivity contribution >= 4 is 0 Å². The molecule has 0 aliphatic rings. The van der Waals surface area contributed by atoms with E-state index in [4.69, 9.17) is 4.84 Å². The fourth-order valence-corrected chi connectivity index (χ4v) is 0.246. The minimum atomic E-state index is 0.500. The van der Waals surface area contributed by atoms with Gasteiger partial charge in [0.1, 0.15) is 0 Å². The van der Waals surface area contributed by atoms with Crippen molar-refractivity contribution in [2.75, 3.05) is 13.2 Å². The van der Waals surface area contributed by atoms with Crippen LogP contribution in [0.4, 0.5) is 0 Å². The van der Waals surface area contributed by atoms with Crippen LogP contribution in [-0.4, -0.2) is 13.2 Å². The Bertz CT molecular complexity index is 27.3. The van der Waals surface area contributed by atoms with Crippen LogP contribution in [0.1, 0.15) is 13.3 Å². The topological polar surface area (TPSA) is 21.3 Å². The predicted molar refractivity (Wildman–Crippen MR) is 29.6 cm³/mol. The summed E-state index contributed by atoms with van der Waals surface area (Å²) in [5.41, 5.74) is 2.72. The van der Waals surface area contributed by atoms with E-state index in [1.807, 2.05) is 0 Å². The Morgan fingerprint density at radius 3 is 2.86 bits per heavy atom. The average Bonchev–Trinajstić information content (AvgIpc) is 1.69. The molecule has 0 amide bonds. The van der Waals surface area contributed by atoms with Gasteiger partial charge in [-0.2, -0.15) is 0 Å². The van der Waals surface area contributed by atoms with E-state index >= 15 is 0 Å². The van der Waals surface area contributed by atoms with Crippen LogP contribution >= 0.6 is 0 Å². The molecule has 0 aliphatic heterocycles.